The first-order chi connectivity index (χ1) is 29.1. The first-order valence-electron chi connectivity index (χ1n) is 24.3. The first kappa shape index (κ1) is 51.3. The number of amides is 1. The predicted octanol–water partition coefficient (Wildman–Crippen LogP) is 6.79. The molecule has 2 spiro atoms. The molecule has 4 saturated heterocycles. The van der Waals surface area contributed by atoms with Gasteiger partial charge in [-0.15, -0.1) is 6.42 Å². The van der Waals surface area contributed by atoms with E-state index in [2.05, 4.69) is 43.4 Å². The SMILES string of the molecule is C#CCN[C@@H]1C=C[C@]2(O[C@H]([C@@H](CC)C(=O)[C@@H](C)[C@@H](O)[C@H](C)[C@H]3CCC[C@H]([C@@H](CC)C(=O)NCCC[Si](C)(C)O)O3)[C@@H](C)C[C@H]2C)OC12CC[C@@](C)([C@H]1CC[C@](O)(CC)[C@H](C)O1)O2. The summed E-state index contributed by atoms with van der Waals surface area (Å²) in [5.74, 6) is -1.49. The van der Waals surface area contributed by atoms with Crippen LogP contribution in [-0.2, 0) is 33.3 Å². The summed E-state index contributed by atoms with van der Waals surface area (Å²) in [6, 6.07) is 0.376. The molecule has 0 aromatic heterocycles. The Morgan fingerprint density at radius 3 is 2.31 bits per heavy atom. The van der Waals surface area contributed by atoms with Crippen molar-refractivity contribution in [3.8, 4) is 12.3 Å². The number of Topliss-reactive ketones (excluding diaryl/α,β-unsaturated/α-hetero) is 1. The van der Waals surface area contributed by atoms with Gasteiger partial charge >= 0.3 is 0 Å². The van der Waals surface area contributed by atoms with Crippen LogP contribution in [-0.4, -0.2) is 114 Å². The molecule has 0 bridgehead atoms. The fourth-order valence-corrected chi connectivity index (χ4v) is 12.5. The van der Waals surface area contributed by atoms with E-state index in [9.17, 15) is 24.6 Å². The summed E-state index contributed by atoms with van der Waals surface area (Å²) in [6.45, 7) is 22.8. The summed E-state index contributed by atoms with van der Waals surface area (Å²) in [7, 11) is -2.17. The van der Waals surface area contributed by atoms with Gasteiger partial charge in [-0.25, -0.2) is 0 Å². The van der Waals surface area contributed by atoms with Gasteiger partial charge in [0.05, 0.1) is 66.3 Å². The van der Waals surface area contributed by atoms with Gasteiger partial charge in [0, 0.05) is 36.6 Å². The van der Waals surface area contributed by atoms with E-state index >= 15 is 0 Å². The van der Waals surface area contributed by atoms with Gasteiger partial charge in [-0.2, -0.15) is 0 Å². The van der Waals surface area contributed by atoms with Gasteiger partial charge in [-0.05, 0) is 116 Å². The van der Waals surface area contributed by atoms with Crippen LogP contribution in [0.1, 0.15) is 139 Å². The number of ketones is 1. The molecule has 5 rings (SSSR count). The zero-order valence-corrected chi connectivity index (χ0v) is 41.0. The Labute approximate surface area is 374 Å². The third-order valence-corrected chi connectivity index (χ3v) is 17.4. The quantitative estimate of drug-likeness (QED) is 0.0426. The highest BCUT2D eigenvalue weighted by atomic mass is 28.4. The molecular weight excluding hydrogens is 805 g/mol. The van der Waals surface area contributed by atoms with Gasteiger partial charge in [-0.3, -0.25) is 14.9 Å². The Balaban J connectivity index is 1.28. The lowest BCUT2D eigenvalue weighted by Crippen LogP contribution is -2.65. The molecule has 17 atom stereocenters. The Morgan fingerprint density at radius 1 is 0.984 bits per heavy atom. The number of carbonyl (C=O) groups is 2. The van der Waals surface area contributed by atoms with E-state index in [-0.39, 0.29) is 65.8 Å². The molecule has 0 aliphatic carbocycles. The summed E-state index contributed by atoms with van der Waals surface area (Å²) in [6.07, 6.45) is 15.4. The molecule has 5 aliphatic heterocycles. The zero-order chi connectivity index (χ0) is 45.8. The van der Waals surface area contributed by atoms with Crippen LogP contribution < -0.4 is 10.6 Å². The molecule has 4 fully saturated rings. The van der Waals surface area contributed by atoms with Crippen LogP contribution in [0.2, 0.25) is 19.1 Å². The van der Waals surface area contributed by atoms with E-state index in [1.54, 1.807) is 0 Å². The van der Waals surface area contributed by atoms with Gasteiger partial charge in [-0.1, -0.05) is 60.5 Å². The first-order valence-corrected chi connectivity index (χ1v) is 27.5. The van der Waals surface area contributed by atoms with Crippen molar-refractivity contribution in [3.05, 3.63) is 12.2 Å². The van der Waals surface area contributed by atoms with Gasteiger partial charge in [0.25, 0.3) is 0 Å². The fourth-order valence-electron chi connectivity index (χ4n) is 11.4. The smallest absolute Gasteiger partial charge is 0.225 e. The lowest BCUT2D eigenvalue weighted by atomic mass is 9.73. The van der Waals surface area contributed by atoms with E-state index in [4.69, 9.17) is 30.1 Å². The Kier molecular flexibility index (Phi) is 17.3. The lowest BCUT2D eigenvalue weighted by Gasteiger charge is -2.55. The number of carbonyl (C=O) groups excluding carboxylic acids is 2. The Hall–Kier alpha value is -1.70. The second-order valence-corrected chi connectivity index (χ2v) is 25.0. The van der Waals surface area contributed by atoms with E-state index in [1.165, 1.54) is 0 Å². The maximum absolute atomic E-state index is 14.7. The highest BCUT2D eigenvalue weighted by molar-refractivity contribution is 6.69. The molecule has 354 valence electrons. The van der Waals surface area contributed by atoms with E-state index in [0.29, 0.717) is 58.0 Å². The number of nitrogens with one attached hydrogen (secondary N) is 2. The molecule has 0 aromatic rings. The third kappa shape index (κ3) is 11.1. The molecule has 0 radical (unpaired) electrons. The van der Waals surface area contributed by atoms with Crippen molar-refractivity contribution >= 4 is 20.0 Å². The minimum absolute atomic E-state index is 0.0270. The Bertz CT molecular complexity index is 1590. The topological polar surface area (TPSA) is 165 Å². The van der Waals surface area contributed by atoms with Crippen molar-refractivity contribution in [2.45, 2.75) is 224 Å². The van der Waals surface area contributed by atoms with Crippen molar-refractivity contribution in [1.82, 2.24) is 10.6 Å². The molecule has 0 saturated carbocycles. The Morgan fingerprint density at radius 2 is 1.68 bits per heavy atom. The summed E-state index contributed by atoms with van der Waals surface area (Å²) in [5.41, 5.74) is -1.55. The van der Waals surface area contributed by atoms with Gasteiger partial charge < -0.3 is 44.0 Å². The normalized spacial score (nSPS) is 40.1. The van der Waals surface area contributed by atoms with Crippen LogP contribution in [0.15, 0.2) is 12.2 Å². The van der Waals surface area contributed by atoms with Crippen LogP contribution in [0.4, 0.5) is 0 Å². The average molecular weight is 889 g/mol. The molecule has 1 amide bonds. The zero-order valence-electron chi connectivity index (χ0n) is 40.0. The van der Waals surface area contributed by atoms with Gasteiger partial charge in [0.2, 0.25) is 5.91 Å². The fraction of sp³-hybridized carbons (Fsp3) is 0.878. The van der Waals surface area contributed by atoms with Crippen LogP contribution in [0.3, 0.4) is 0 Å². The van der Waals surface area contributed by atoms with Crippen LogP contribution >= 0.6 is 0 Å². The van der Waals surface area contributed by atoms with Crippen molar-refractivity contribution < 1.29 is 48.3 Å². The van der Waals surface area contributed by atoms with Crippen molar-refractivity contribution in [1.29, 1.82) is 0 Å². The lowest BCUT2D eigenvalue weighted by molar-refractivity contribution is -0.398. The molecule has 5 heterocycles. The second-order valence-electron chi connectivity index (χ2n) is 20.9. The maximum atomic E-state index is 14.7. The molecular formula is C49H84N2O10Si. The summed E-state index contributed by atoms with van der Waals surface area (Å²) in [4.78, 5) is 38.2. The number of terminal acetylenes is 1. The highest BCUT2D eigenvalue weighted by Gasteiger charge is 2.63. The van der Waals surface area contributed by atoms with E-state index < -0.39 is 55.1 Å². The summed E-state index contributed by atoms with van der Waals surface area (Å²) in [5, 5.41) is 29.6. The standard InChI is InChI=1S/C49H84N2O10Si/c1-13-27-50-40-21-24-48(61-49(40)26-25-46(10,60-49)41-22-23-47(55,16-4)35(9)57-41)32(6)30-31(5)44(59-48)37(15-3)43(53)34(8)42(52)33(7)38-19-17-20-39(58-38)36(14-2)45(54)51-28-18-29-62(11,12)56/h1,21,24,31-42,44,50,52,55-56H,14-20,22-23,25-30H2,2-12H3,(H,51,54)/t31-,32+,33+,34-,35-,36+,37-,38+,39+,40+,41+,42-,44-,46-,47+,48-,49?/m0/s1. The molecule has 1 unspecified atom stereocenters. The molecule has 62 heavy (non-hydrogen) atoms. The minimum atomic E-state index is -2.17. The third-order valence-electron chi connectivity index (χ3n) is 15.8. The van der Waals surface area contributed by atoms with Crippen LogP contribution in [0, 0.1) is 47.9 Å². The van der Waals surface area contributed by atoms with Crippen molar-refractivity contribution in [3.63, 3.8) is 0 Å². The maximum Gasteiger partial charge on any atom is 0.225 e. The predicted molar refractivity (Wildman–Crippen MR) is 243 cm³/mol. The summed E-state index contributed by atoms with van der Waals surface area (Å²) < 4.78 is 34.7. The van der Waals surface area contributed by atoms with Crippen LogP contribution in [0.5, 0.6) is 0 Å². The summed E-state index contributed by atoms with van der Waals surface area (Å²) >= 11 is 0. The van der Waals surface area contributed by atoms with Crippen LogP contribution in [0.25, 0.3) is 0 Å². The number of hydrogen-bond acceptors (Lipinski definition) is 11. The second kappa shape index (κ2) is 20.9. The largest absolute Gasteiger partial charge is 0.432 e. The molecule has 0 aromatic carbocycles. The van der Waals surface area contributed by atoms with Gasteiger partial charge in [0.15, 0.2) is 19.9 Å². The average Bonchev–Trinajstić information content (AvgIpc) is 3.58. The van der Waals surface area contributed by atoms with Crippen molar-refractivity contribution in [2.24, 2.45) is 35.5 Å². The minimum Gasteiger partial charge on any atom is -0.432 e. The highest BCUT2D eigenvalue weighted by Crippen LogP contribution is 2.54. The molecule has 12 nitrogen and oxygen atoms in total. The van der Waals surface area contributed by atoms with Crippen molar-refractivity contribution in [2.75, 3.05) is 13.1 Å². The van der Waals surface area contributed by atoms with E-state index in [0.717, 1.165) is 38.1 Å². The molecule has 13 heteroatoms. The molecule has 5 N–H and O–H groups in total. The van der Waals surface area contributed by atoms with E-state index in [1.807, 2.05) is 60.7 Å². The number of hydrogen-bond donors (Lipinski definition) is 5. The van der Waals surface area contributed by atoms with Gasteiger partial charge in [0.1, 0.15) is 5.78 Å². The monoisotopic (exact) mass is 889 g/mol. The number of ether oxygens (including phenoxy) is 5. The molecule has 5 aliphatic rings. The number of aliphatic hydroxyl groups excluding tert-OH is 1. The number of aliphatic hydroxyl groups is 2. The number of rotatable bonds is 18.